The number of piperazine rings is 1. The van der Waals surface area contributed by atoms with Gasteiger partial charge in [-0.15, -0.1) is 0 Å². The highest BCUT2D eigenvalue weighted by molar-refractivity contribution is 5.90. The number of imidazole rings is 1. The zero-order valence-corrected chi connectivity index (χ0v) is 19.3. The molecule has 1 fully saturated rings. The van der Waals surface area contributed by atoms with E-state index in [1.54, 1.807) is 0 Å². The van der Waals surface area contributed by atoms with E-state index in [0.717, 1.165) is 58.6 Å². The van der Waals surface area contributed by atoms with Gasteiger partial charge in [0.1, 0.15) is 5.82 Å². The van der Waals surface area contributed by atoms with Crippen LogP contribution in [0.3, 0.4) is 0 Å². The Morgan fingerprint density at radius 1 is 0.886 bits per heavy atom. The van der Waals surface area contributed by atoms with Gasteiger partial charge in [-0.2, -0.15) is 0 Å². The van der Waals surface area contributed by atoms with Crippen molar-refractivity contribution in [2.75, 3.05) is 31.5 Å². The van der Waals surface area contributed by atoms with Gasteiger partial charge >= 0.3 is 6.03 Å². The number of carbonyl (C=O) groups is 1. The lowest BCUT2D eigenvalue weighted by atomic mass is 10.1. The van der Waals surface area contributed by atoms with Crippen LogP contribution in [-0.2, 0) is 6.54 Å². The van der Waals surface area contributed by atoms with Crippen LogP contribution in [0.5, 0.6) is 0 Å². The second kappa shape index (κ2) is 9.19. The van der Waals surface area contributed by atoms with Gasteiger partial charge in [-0.1, -0.05) is 36.4 Å². The van der Waals surface area contributed by atoms with E-state index in [1.165, 1.54) is 5.56 Å². The first-order chi connectivity index (χ1) is 17.2. The highest BCUT2D eigenvalue weighted by atomic mass is 16.2. The standard InChI is InChI=1S/C28H26N6O/c35-28(30-23-12-10-21(11-13-23)27-31-24-8-1-2-9-25(24)32-27)34-17-15-33(16-18-34)19-22-6-3-5-20-7-4-14-29-26(20)22/h1-14H,15-19H2,(H,30,35)(H,31,32). The number of para-hydroxylation sites is 3. The minimum atomic E-state index is -0.0621. The third-order valence-electron chi connectivity index (χ3n) is 6.57. The van der Waals surface area contributed by atoms with Crippen LogP contribution in [0, 0.1) is 0 Å². The van der Waals surface area contributed by atoms with Crippen LogP contribution in [0.1, 0.15) is 5.56 Å². The maximum Gasteiger partial charge on any atom is 0.321 e. The first-order valence-electron chi connectivity index (χ1n) is 11.9. The molecule has 174 valence electrons. The summed E-state index contributed by atoms with van der Waals surface area (Å²) in [6.07, 6.45) is 1.84. The zero-order valence-electron chi connectivity index (χ0n) is 19.3. The van der Waals surface area contributed by atoms with Gasteiger partial charge in [-0.05, 0) is 48.0 Å². The van der Waals surface area contributed by atoms with E-state index in [2.05, 4.69) is 49.4 Å². The summed E-state index contributed by atoms with van der Waals surface area (Å²) in [6.45, 7) is 3.90. The Bertz CT molecular complexity index is 1450. The van der Waals surface area contributed by atoms with Crippen molar-refractivity contribution in [2.45, 2.75) is 6.54 Å². The quantitative estimate of drug-likeness (QED) is 0.388. The number of fused-ring (bicyclic) bond motifs is 2. The first kappa shape index (κ1) is 21.3. The number of anilines is 1. The SMILES string of the molecule is O=C(Nc1ccc(-c2nc3ccccc3[nH]2)cc1)N1CCN(Cc2cccc3cccnc23)CC1. The minimum absolute atomic E-state index is 0.0621. The number of amides is 2. The van der Waals surface area contributed by atoms with Gasteiger partial charge in [0.25, 0.3) is 0 Å². The van der Waals surface area contributed by atoms with Crippen molar-refractivity contribution in [1.82, 2.24) is 24.8 Å². The second-order valence-corrected chi connectivity index (χ2v) is 8.87. The van der Waals surface area contributed by atoms with Gasteiger partial charge < -0.3 is 15.2 Å². The Kier molecular flexibility index (Phi) is 5.60. The van der Waals surface area contributed by atoms with Crippen LogP contribution >= 0.6 is 0 Å². The van der Waals surface area contributed by atoms with Gasteiger partial charge in [-0.25, -0.2) is 9.78 Å². The van der Waals surface area contributed by atoms with Crippen molar-refractivity contribution >= 4 is 33.7 Å². The van der Waals surface area contributed by atoms with Crippen LogP contribution < -0.4 is 5.32 Å². The summed E-state index contributed by atoms with van der Waals surface area (Å²) in [5.41, 5.74) is 5.99. The van der Waals surface area contributed by atoms with Crippen molar-refractivity contribution in [3.8, 4) is 11.4 Å². The summed E-state index contributed by atoms with van der Waals surface area (Å²) in [7, 11) is 0. The summed E-state index contributed by atoms with van der Waals surface area (Å²) in [6, 6.07) is 26.1. The molecule has 0 spiro atoms. The third kappa shape index (κ3) is 4.46. The van der Waals surface area contributed by atoms with Gasteiger partial charge in [-0.3, -0.25) is 9.88 Å². The van der Waals surface area contributed by atoms with Crippen LogP contribution in [0.25, 0.3) is 33.3 Å². The molecule has 1 saturated heterocycles. The summed E-state index contributed by atoms with van der Waals surface area (Å²) in [4.78, 5) is 29.7. The Morgan fingerprint density at radius 2 is 1.69 bits per heavy atom. The molecule has 1 aliphatic rings. The molecule has 0 radical (unpaired) electrons. The average Bonchev–Trinajstić information content (AvgIpc) is 3.34. The number of aromatic nitrogens is 3. The topological polar surface area (TPSA) is 77.2 Å². The molecule has 6 rings (SSSR count). The van der Waals surface area contributed by atoms with Gasteiger partial charge in [0.2, 0.25) is 0 Å². The predicted molar refractivity (Wildman–Crippen MR) is 139 cm³/mol. The van der Waals surface area contributed by atoms with E-state index in [9.17, 15) is 4.79 Å². The van der Waals surface area contributed by atoms with Gasteiger partial charge in [0, 0.05) is 55.6 Å². The molecular formula is C28H26N6O. The fourth-order valence-corrected chi connectivity index (χ4v) is 4.65. The van der Waals surface area contributed by atoms with Crippen LogP contribution in [0.4, 0.5) is 10.5 Å². The summed E-state index contributed by atoms with van der Waals surface area (Å²) in [5.74, 6) is 0.821. The molecule has 0 aliphatic carbocycles. The smallest absolute Gasteiger partial charge is 0.321 e. The van der Waals surface area contributed by atoms with E-state index in [-0.39, 0.29) is 6.03 Å². The molecule has 0 atom stereocenters. The van der Waals surface area contributed by atoms with Crippen molar-refractivity contribution in [3.63, 3.8) is 0 Å². The maximum atomic E-state index is 12.8. The fourth-order valence-electron chi connectivity index (χ4n) is 4.65. The number of hydrogen-bond acceptors (Lipinski definition) is 4. The molecule has 0 saturated carbocycles. The van der Waals surface area contributed by atoms with Crippen LogP contribution in [0.15, 0.2) is 85.1 Å². The highest BCUT2D eigenvalue weighted by Crippen LogP contribution is 2.23. The lowest BCUT2D eigenvalue weighted by Gasteiger charge is -2.34. The van der Waals surface area contributed by atoms with Crippen molar-refractivity contribution in [3.05, 3.63) is 90.6 Å². The van der Waals surface area contributed by atoms with Gasteiger partial charge in [0.15, 0.2) is 0 Å². The number of nitrogens with zero attached hydrogens (tertiary/aromatic N) is 4. The summed E-state index contributed by atoms with van der Waals surface area (Å²) < 4.78 is 0. The fraction of sp³-hybridized carbons (Fsp3) is 0.179. The van der Waals surface area contributed by atoms with E-state index < -0.39 is 0 Å². The number of pyridine rings is 1. The Hall–Kier alpha value is -4.23. The minimum Gasteiger partial charge on any atom is -0.338 e. The number of urea groups is 1. The number of carbonyl (C=O) groups excluding carboxylic acids is 1. The van der Waals surface area contributed by atoms with Crippen LogP contribution in [-0.4, -0.2) is 57.0 Å². The zero-order chi connectivity index (χ0) is 23.6. The monoisotopic (exact) mass is 462 g/mol. The molecule has 7 nitrogen and oxygen atoms in total. The molecule has 35 heavy (non-hydrogen) atoms. The molecule has 7 heteroatoms. The Morgan fingerprint density at radius 3 is 2.51 bits per heavy atom. The summed E-state index contributed by atoms with van der Waals surface area (Å²) >= 11 is 0. The van der Waals surface area contributed by atoms with Crippen molar-refractivity contribution in [2.24, 2.45) is 0 Å². The number of aromatic amines is 1. The molecule has 1 aliphatic heterocycles. The predicted octanol–water partition coefficient (Wildman–Crippen LogP) is 5.13. The normalized spacial score (nSPS) is 14.5. The Balaban J connectivity index is 1.05. The summed E-state index contributed by atoms with van der Waals surface area (Å²) in [5, 5.41) is 4.19. The number of H-pyrrole nitrogens is 1. The molecule has 3 heterocycles. The first-order valence-corrected chi connectivity index (χ1v) is 11.9. The number of hydrogen-bond donors (Lipinski definition) is 2. The number of rotatable bonds is 4. The third-order valence-corrected chi connectivity index (χ3v) is 6.57. The van der Waals surface area contributed by atoms with Crippen molar-refractivity contribution in [1.29, 1.82) is 0 Å². The molecule has 2 N–H and O–H groups in total. The molecule has 0 bridgehead atoms. The maximum absolute atomic E-state index is 12.8. The Labute approximate surface area is 203 Å². The average molecular weight is 463 g/mol. The second-order valence-electron chi connectivity index (χ2n) is 8.87. The molecule has 3 aromatic carbocycles. The molecular weight excluding hydrogens is 436 g/mol. The van der Waals surface area contributed by atoms with E-state index in [4.69, 9.17) is 0 Å². The lowest BCUT2D eigenvalue weighted by Crippen LogP contribution is -2.49. The van der Waals surface area contributed by atoms with E-state index >= 15 is 0 Å². The largest absolute Gasteiger partial charge is 0.338 e. The molecule has 0 unspecified atom stereocenters. The molecule has 2 amide bonds. The molecule has 5 aromatic rings. The van der Waals surface area contributed by atoms with Gasteiger partial charge in [0.05, 0.1) is 16.6 Å². The number of nitrogens with one attached hydrogen (secondary N) is 2. The van der Waals surface area contributed by atoms with Crippen LogP contribution in [0.2, 0.25) is 0 Å². The molecule has 2 aromatic heterocycles. The van der Waals surface area contributed by atoms with E-state index in [1.807, 2.05) is 65.7 Å². The lowest BCUT2D eigenvalue weighted by molar-refractivity contribution is 0.143. The van der Waals surface area contributed by atoms with E-state index in [0.29, 0.717) is 13.1 Å². The van der Waals surface area contributed by atoms with Crippen molar-refractivity contribution < 1.29 is 4.79 Å². The highest BCUT2D eigenvalue weighted by Gasteiger charge is 2.22. The number of benzene rings is 3.